The van der Waals surface area contributed by atoms with E-state index in [0.29, 0.717) is 11.3 Å². The zero-order valence-corrected chi connectivity index (χ0v) is 15.4. The highest BCUT2D eigenvalue weighted by molar-refractivity contribution is 5.75. The summed E-state index contributed by atoms with van der Waals surface area (Å²) in [6.45, 7) is 4.04. The number of nitrogens with zero attached hydrogens (tertiary/aromatic N) is 2. The third-order valence-electron chi connectivity index (χ3n) is 3.97. The van der Waals surface area contributed by atoms with Crippen LogP contribution in [0.2, 0.25) is 0 Å². The molecule has 140 valence electrons. The molecule has 7 nitrogen and oxygen atoms in total. The van der Waals surface area contributed by atoms with Gasteiger partial charge in [0.25, 0.3) is 0 Å². The van der Waals surface area contributed by atoms with Gasteiger partial charge >= 0.3 is 11.7 Å². The van der Waals surface area contributed by atoms with Gasteiger partial charge in [0, 0.05) is 31.9 Å². The van der Waals surface area contributed by atoms with E-state index in [1.807, 2.05) is 6.92 Å². The van der Waals surface area contributed by atoms with E-state index < -0.39 is 10.9 Å². The van der Waals surface area contributed by atoms with Gasteiger partial charge in [-0.2, -0.15) is 0 Å². The Bertz CT molecular complexity index is 601. The smallest absolute Gasteiger partial charge is 0.311 e. The van der Waals surface area contributed by atoms with Crippen LogP contribution in [0, 0.1) is 10.1 Å². The van der Waals surface area contributed by atoms with Crippen molar-refractivity contribution in [1.29, 1.82) is 0 Å². The van der Waals surface area contributed by atoms with E-state index >= 15 is 0 Å². The second-order valence-electron chi connectivity index (χ2n) is 6.45. The molecule has 0 saturated carbocycles. The summed E-state index contributed by atoms with van der Waals surface area (Å²) in [6.07, 6.45) is 4.86. The van der Waals surface area contributed by atoms with Crippen LogP contribution in [0.25, 0.3) is 0 Å². The van der Waals surface area contributed by atoms with E-state index in [4.69, 9.17) is 9.84 Å². The van der Waals surface area contributed by atoms with E-state index in [2.05, 4.69) is 6.92 Å². The maximum absolute atomic E-state index is 11.4. The molecule has 1 atom stereocenters. The molecule has 0 aliphatic carbocycles. The first-order valence-corrected chi connectivity index (χ1v) is 8.63. The van der Waals surface area contributed by atoms with Crippen LogP contribution >= 0.6 is 0 Å². The summed E-state index contributed by atoms with van der Waals surface area (Å²) in [4.78, 5) is 23.6. The Morgan fingerprint density at radius 3 is 2.52 bits per heavy atom. The summed E-state index contributed by atoms with van der Waals surface area (Å²) >= 11 is 0. The molecule has 1 rings (SSSR count). The first-order chi connectivity index (χ1) is 11.8. The van der Waals surface area contributed by atoms with Gasteiger partial charge in [0.1, 0.15) is 0 Å². The predicted octanol–water partition coefficient (Wildman–Crippen LogP) is 4.03. The standard InChI is InChI=1S/C18H28N2O5/c1-5-6-7-8-9-13(2)25-17-12-15(19(3)4)14(11-18(21)22)10-16(17)20(23)24/h10,12-13H,5-9,11H2,1-4H3,(H,21,22)/t13-/m0/s1. The first kappa shape index (κ1) is 20.7. The fourth-order valence-corrected chi connectivity index (χ4v) is 2.69. The molecule has 1 aromatic carbocycles. The molecule has 0 spiro atoms. The van der Waals surface area contributed by atoms with Crippen LogP contribution in [0.3, 0.4) is 0 Å². The number of hydrogen-bond acceptors (Lipinski definition) is 5. The second-order valence-corrected chi connectivity index (χ2v) is 6.45. The fourth-order valence-electron chi connectivity index (χ4n) is 2.69. The van der Waals surface area contributed by atoms with Crippen molar-refractivity contribution in [3.63, 3.8) is 0 Å². The summed E-state index contributed by atoms with van der Waals surface area (Å²) < 4.78 is 5.82. The first-order valence-electron chi connectivity index (χ1n) is 8.63. The molecular formula is C18H28N2O5. The minimum Gasteiger partial charge on any atom is -0.484 e. The molecule has 0 aliphatic heterocycles. The van der Waals surface area contributed by atoms with Gasteiger partial charge in [-0.25, -0.2) is 0 Å². The Balaban J connectivity index is 3.05. The summed E-state index contributed by atoms with van der Waals surface area (Å²) in [5.74, 6) is -0.846. The number of carboxylic acid groups (broad SMARTS) is 1. The third-order valence-corrected chi connectivity index (χ3v) is 3.97. The van der Waals surface area contributed by atoms with Crippen LogP contribution in [0.1, 0.15) is 51.5 Å². The SMILES string of the molecule is CCCCCC[C@H](C)Oc1cc(N(C)C)c(CC(=O)O)cc1[N+](=O)[O-]. The number of carboxylic acids is 1. The Kier molecular flexibility index (Phi) is 8.18. The number of aliphatic carboxylic acids is 1. The average molecular weight is 352 g/mol. The van der Waals surface area contributed by atoms with Gasteiger partial charge in [0.15, 0.2) is 5.75 Å². The van der Waals surface area contributed by atoms with E-state index in [9.17, 15) is 14.9 Å². The van der Waals surface area contributed by atoms with Crippen molar-refractivity contribution < 1.29 is 19.6 Å². The second kappa shape index (κ2) is 9.86. The zero-order chi connectivity index (χ0) is 19.0. The maximum Gasteiger partial charge on any atom is 0.311 e. The Labute approximate surface area is 148 Å². The quantitative estimate of drug-likeness (QED) is 0.367. The van der Waals surface area contributed by atoms with E-state index in [1.165, 1.54) is 12.5 Å². The van der Waals surface area contributed by atoms with Crippen LogP contribution in [0.5, 0.6) is 5.75 Å². The molecule has 0 aromatic heterocycles. The van der Waals surface area contributed by atoms with Crippen LogP contribution in [-0.2, 0) is 11.2 Å². The van der Waals surface area contributed by atoms with E-state index in [0.717, 1.165) is 25.7 Å². The monoisotopic (exact) mass is 352 g/mol. The number of rotatable bonds is 11. The molecule has 7 heteroatoms. The van der Waals surface area contributed by atoms with E-state index in [1.54, 1.807) is 25.1 Å². The Morgan fingerprint density at radius 1 is 1.32 bits per heavy atom. The summed E-state index contributed by atoms with van der Waals surface area (Å²) in [5.41, 5.74) is 0.815. The minimum absolute atomic E-state index is 0.143. The number of benzene rings is 1. The third kappa shape index (κ3) is 6.60. The summed E-state index contributed by atoms with van der Waals surface area (Å²) in [6, 6.07) is 2.88. The normalized spacial score (nSPS) is 11.8. The molecule has 1 aromatic rings. The minimum atomic E-state index is -1.03. The van der Waals surface area contributed by atoms with Crippen molar-refractivity contribution in [3.05, 3.63) is 27.8 Å². The van der Waals surface area contributed by atoms with Crippen molar-refractivity contribution in [3.8, 4) is 5.75 Å². The van der Waals surface area contributed by atoms with Gasteiger partial charge in [-0.3, -0.25) is 14.9 Å². The molecule has 0 heterocycles. The molecule has 0 radical (unpaired) electrons. The van der Waals surface area contributed by atoms with Gasteiger partial charge in [-0.1, -0.05) is 26.2 Å². The number of carbonyl (C=O) groups is 1. The fraction of sp³-hybridized carbons (Fsp3) is 0.611. The van der Waals surface area contributed by atoms with Crippen LogP contribution in [0.15, 0.2) is 12.1 Å². The van der Waals surface area contributed by atoms with Gasteiger partial charge in [-0.15, -0.1) is 0 Å². The molecule has 0 unspecified atom stereocenters. The highest BCUT2D eigenvalue weighted by atomic mass is 16.6. The lowest BCUT2D eigenvalue weighted by Gasteiger charge is -2.20. The lowest BCUT2D eigenvalue weighted by molar-refractivity contribution is -0.386. The van der Waals surface area contributed by atoms with Crippen LogP contribution in [-0.4, -0.2) is 36.2 Å². The molecule has 0 fully saturated rings. The number of ether oxygens (including phenoxy) is 1. The molecule has 1 N–H and O–H groups in total. The van der Waals surface area contributed by atoms with Crippen LogP contribution < -0.4 is 9.64 Å². The Hall–Kier alpha value is -2.31. The highest BCUT2D eigenvalue weighted by Gasteiger charge is 2.23. The number of anilines is 1. The van der Waals surface area contributed by atoms with Crippen molar-refractivity contribution >= 4 is 17.3 Å². The Morgan fingerprint density at radius 2 is 2.00 bits per heavy atom. The van der Waals surface area contributed by atoms with E-state index in [-0.39, 0.29) is 24.0 Å². The molecule has 25 heavy (non-hydrogen) atoms. The lowest BCUT2D eigenvalue weighted by Crippen LogP contribution is -2.16. The maximum atomic E-state index is 11.4. The van der Waals surface area contributed by atoms with Crippen molar-refractivity contribution in [2.24, 2.45) is 0 Å². The van der Waals surface area contributed by atoms with Gasteiger partial charge < -0.3 is 14.7 Å². The predicted molar refractivity (Wildman–Crippen MR) is 97.6 cm³/mol. The van der Waals surface area contributed by atoms with Gasteiger partial charge in [0.2, 0.25) is 0 Å². The van der Waals surface area contributed by atoms with Gasteiger partial charge in [0.05, 0.1) is 17.4 Å². The largest absolute Gasteiger partial charge is 0.484 e. The molecular weight excluding hydrogens is 324 g/mol. The number of hydrogen-bond donors (Lipinski definition) is 1. The number of nitro benzene ring substituents is 1. The van der Waals surface area contributed by atoms with Gasteiger partial charge in [-0.05, 0) is 25.3 Å². The van der Waals surface area contributed by atoms with Crippen molar-refractivity contribution in [2.45, 2.75) is 58.5 Å². The average Bonchev–Trinajstić information content (AvgIpc) is 2.51. The molecule has 0 bridgehead atoms. The summed E-state index contributed by atoms with van der Waals surface area (Å²) in [7, 11) is 3.54. The van der Waals surface area contributed by atoms with Crippen LogP contribution in [0.4, 0.5) is 11.4 Å². The van der Waals surface area contributed by atoms with Crippen molar-refractivity contribution in [1.82, 2.24) is 0 Å². The number of unbranched alkanes of at least 4 members (excludes halogenated alkanes) is 3. The van der Waals surface area contributed by atoms with Crippen molar-refractivity contribution in [2.75, 3.05) is 19.0 Å². The topological polar surface area (TPSA) is 92.9 Å². The molecule has 0 aliphatic rings. The number of nitro groups is 1. The molecule has 0 amide bonds. The lowest BCUT2D eigenvalue weighted by atomic mass is 10.1. The summed E-state index contributed by atoms with van der Waals surface area (Å²) in [5, 5.41) is 20.4. The molecule has 0 saturated heterocycles. The zero-order valence-electron chi connectivity index (χ0n) is 15.4. The highest BCUT2D eigenvalue weighted by Crippen LogP contribution is 2.36.